The summed E-state index contributed by atoms with van der Waals surface area (Å²) >= 11 is 0. The smallest absolute Gasteiger partial charge is 0.433 e. The van der Waals surface area contributed by atoms with Crippen molar-refractivity contribution in [2.75, 3.05) is 20.8 Å². The first-order valence-electron chi connectivity index (χ1n) is 12.1. The van der Waals surface area contributed by atoms with Gasteiger partial charge in [0.1, 0.15) is 0 Å². The maximum absolute atomic E-state index is 13.4. The summed E-state index contributed by atoms with van der Waals surface area (Å²) in [5.41, 5.74) is 8.42. The Morgan fingerprint density at radius 1 is 0.846 bits per heavy atom. The number of ether oxygens (including phenoxy) is 3. The molecule has 0 aliphatic heterocycles. The highest BCUT2D eigenvalue weighted by atomic mass is 31.2. The summed E-state index contributed by atoms with van der Waals surface area (Å²) in [6.45, 7) is 3.69. The molecule has 0 atom stereocenters. The van der Waals surface area contributed by atoms with E-state index >= 15 is 0 Å². The highest BCUT2D eigenvalue weighted by molar-refractivity contribution is 7.85. The molecule has 0 heterocycles. The third-order valence-electron chi connectivity index (χ3n) is 5.82. The Hall–Kier alpha value is -4.42. The minimum atomic E-state index is -3.49. The fraction of sp³-hybridized carbons (Fsp3) is 0.167. The first-order chi connectivity index (χ1) is 18.8. The second-order valence-electron chi connectivity index (χ2n) is 8.31. The predicted molar refractivity (Wildman–Crippen MR) is 153 cm³/mol. The van der Waals surface area contributed by atoms with Crippen LogP contribution in [0.2, 0.25) is 0 Å². The summed E-state index contributed by atoms with van der Waals surface area (Å²) in [7, 11) is -1.10. The van der Waals surface area contributed by atoms with Crippen molar-refractivity contribution in [2.45, 2.75) is 13.8 Å². The number of methoxy groups -OCH3 is 2. The second-order valence-corrected chi connectivity index (χ2v) is 11.3. The lowest BCUT2D eigenvalue weighted by atomic mass is 10.1. The van der Waals surface area contributed by atoms with Crippen LogP contribution in [0.3, 0.4) is 0 Å². The molecular weight excluding hydrogens is 515 g/mol. The van der Waals surface area contributed by atoms with Gasteiger partial charge in [-0.05, 0) is 19.4 Å². The zero-order valence-electron chi connectivity index (χ0n) is 22.3. The van der Waals surface area contributed by atoms with Crippen LogP contribution in [0.25, 0.3) is 5.70 Å². The number of nitrogens with zero attached hydrogens (tertiary/aromatic N) is 1. The van der Waals surface area contributed by atoms with Crippen LogP contribution in [-0.2, 0) is 23.8 Å². The van der Waals surface area contributed by atoms with Gasteiger partial charge >= 0.3 is 18.0 Å². The van der Waals surface area contributed by atoms with E-state index in [4.69, 9.17) is 19.9 Å². The van der Waals surface area contributed by atoms with Crippen LogP contribution in [0.4, 0.5) is 4.79 Å². The quantitative estimate of drug-likeness (QED) is 0.140. The Balaban J connectivity index is 2.68. The SMILES string of the molecule is CCOC(=O)N=P(C(=C(\N)c1ccc(C)cc1)/C(=C/C(=O)OC)C(=O)OC)(c1ccccc1)c1ccccc1. The lowest BCUT2D eigenvalue weighted by Gasteiger charge is -2.30. The van der Waals surface area contributed by atoms with Gasteiger partial charge in [-0.25, -0.2) is 14.4 Å². The van der Waals surface area contributed by atoms with E-state index in [0.717, 1.165) is 11.6 Å². The van der Waals surface area contributed by atoms with E-state index in [2.05, 4.69) is 4.74 Å². The van der Waals surface area contributed by atoms with Crippen molar-refractivity contribution in [3.8, 4) is 0 Å². The van der Waals surface area contributed by atoms with Crippen molar-refractivity contribution in [2.24, 2.45) is 10.5 Å². The van der Waals surface area contributed by atoms with Gasteiger partial charge in [-0.1, -0.05) is 90.5 Å². The molecule has 0 aromatic heterocycles. The second kappa shape index (κ2) is 13.4. The Kier molecular flexibility index (Phi) is 10.0. The summed E-state index contributed by atoms with van der Waals surface area (Å²) in [6.07, 6.45) is 0.179. The number of hydrogen-bond donors (Lipinski definition) is 1. The minimum Gasteiger partial charge on any atom is -0.466 e. The summed E-state index contributed by atoms with van der Waals surface area (Å²) in [6, 6.07) is 25.4. The van der Waals surface area contributed by atoms with Gasteiger partial charge in [-0.2, -0.15) is 4.74 Å². The molecule has 2 N–H and O–H groups in total. The van der Waals surface area contributed by atoms with Gasteiger partial charge in [0.15, 0.2) is 0 Å². The Labute approximate surface area is 228 Å². The number of rotatable bonds is 8. The molecule has 0 bridgehead atoms. The maximum atomic E-state index is 13.4. The monoisotopic (exact) mass is 546 g/mol. The molecule has 0 aliphatic rings. The Bertz CT molecular complexity index is 1400. The van der Waals surface area contributed by atoms with Crippen LogP contribution >= 0.6 is 7.05 Å². The first-order valence-corrected chi connectivity index (χ1v) is 13.9. The molecule has 3 aromatic rings. The molecule has 8 nitrogen and oxygen atoms in total. The van der Waals surface area contributed by atoms with Crippen LogP contribution in [0.1, 0.15) is 18.1 Å². The molecule has 0 fully saturated rings. The predicted octanol–water partition coefficient (Wildman–Crippen LogP) is 4.90. The number of benzene rings is 3. The fourth-order valence-electron chi connectivity index (χ4n) is 4.01. The van der Waals surface area contributed by atoms with Gasteiger partial charge in [-0.15, -0.1) is 0 Å². The zero-order chi connectivity index (χ0) is 28.4. The fourth-order valence-corrected chi connectivity index (χ4v) is 7.65. The molecule has 0 aliphatic carbocycles. The lowest BCUT2D eigenvalue weighted by molar-refractivity contribution is -0.138. The summed E-state index contributed by atoms with van der Waals surface area (Å²) in [5.74, 6) is -1.65. The normalized spacial score (nSPS) is 12.2. The third kappa shape index (κ3) is 6.54. The largest absolute Gasteiger partial charge is 0.466 e. The van der Waals surface area contributed by atoms with Crippen LogP contribution in [-0.4, -0.2) is 38.9 Å². The van der Waals surface area contributed by atoms with Crippen LogP contribution in [0.5, 0.6) is 0 Å². The number of carbonyl (C=O) groups is 3. The summed E-state index contributed by atoms with van der Waals surface area (Å²) < 4.78 is 20.0. The van der Waals surface area contributed by atoms with E-state index in [9.17, 15) is 14.4 Å². The number of nitrogens with two attached hydrogens (primary N) is 1. The third-order valence-corrected chi connectivity index (χ3v) is 9.51. The van der Waals surface area contributed by atoms with Gasteiger partial charge in [0.05, 0.1) is 33.5 Å². The van der Waals surface area contributed by atoms with Crippen molar-refractivity contribution in [3.63, 3.8) is 0 Å². The van der Waals surface area contributed by atoms with Crippen molar-refractivity contribution in [3.05, 3.63) is 113 Å². The molecule has 39 heavy (non-hydrogen) atoms. The molecule has 3 aromatic carbocycles. The molecular formula is C30H31N2O6P. The van der Waals surface area contributed by atoms with Gasteiger partial charge in [0, 0.05) is 27.7 Å². The molecule has 1 amide bonds. The number of aryl methyl sites for hydroxylation is 1. The van der Waals surface area contributed by atoms with E-state index in [0.29, 0.717) is 16.2 Å². The molecule has 0 saturated carbocycles. The van der Waals surface area contributed by atoms with E-state index in [1.165, 1.54) is 14.2 Å². The van der Waals surface area contributed by atoms with Crippen LogP contribution in [0, 0.1) is 6.92 Å². The molecule has 9 heteroatoms. The van der Waals surface area contributed by atoms with Gasteiger partial charge in [-0.3, -0.25) is 0 Å². The summed E-state index contributed by atoms with van der Waals surface area (Å²) in [5, 5.41) is 1.37. The molecule has 0 spiro atoms. The molecule has 0 radical (unpaired) electrons. The van der Waals surface area contributed by atoms with E-state index in [1.807, 2.05) is 31.2 Å². The van der Waals surface area contributed by atoms with Gasteiger partial charge < -0.3 is 19.9 Å². The average Bonchev–Trinajstić information content (AvgIpc) is 2.96. The van der Waals surface area contributed by atoms with Gasteiger partial charge in [0.2, 0.25) is 0 Å². The molecule has 3 rings (SSSR count). The van der Waals surface area contributed by atoms with Crippen LogP contribution < -0.4 is 16.3 Å². The highest BCUT2D eigenvalue weighted by Crippen LogP contribution is 2.60. The number of carbonyl (C=O) groups excluding carboxylic acids is 3. The Morgan fingerprint density at radius 2 is 1.38 bits per heavy atom. The topological polar surface area (TPSA) is 117 Å². The van der Waals surface area contributed by atoms with E-state index in [1.54, 1.807) is 67.6 Å². The Morgan fingerprint density at radius 3 is 1.85 bits per heavy atom. The van der Waals surface area contributed by atoms with Crippen molar-refractivity contribution < 1.29 is 28.6 Å². The minimum absolute atomic E-state index is 0.0836. The zero-order valence-corrected chi connectivity index (χ0v) is 23.2. The molecule has 202 valence electrons. The lowest BCUT2D eigenvalue weighted by Crippen LogP contribution is -2.25. The number of hydrogen-bond acceptors (Lipinski definition) is 7. The first kappa shape index (κ1) is 29.1. The average molecular weight is 547 g/mol. The van der Waals surface area contributed by atoms with Crippen molar-refractivity contribution >= 4 is 41.4 Å². The summed E-state index contributed by atoms with van der Waals surface area (Å²) in [4.78, 5) is 39.2. The van der Waals surface area contributed by atoms with Crippen molar-refractivity contribution in [1.82, 2.24) is 0 Å². The molecule has 0 unspecified atom stereocenters. The van der Waals surface area contributed by atoms with E-state index in [-0.39, 0.29) is 23.2 Å². The standard InChI is InChI=1S/C30H31N2O6P/c1-5-38-30(35)32-39(23-12-8-6-9-13-23,24-14-10-7-11-15-24)28(25(29(34)37-4)20-26(33)36-3)27(31)22-18-16-21(2)17-19-22/h6-20H,5,31H2,1-4H3/b25-20-,28-27-. The van der Waals surface area contributed by atoms with E-state index < -0.39 is 25.1 Å². The maximum Gasteiger partial charge on any atom is 0.433 e. The van der Waals surface area contributed by atoms with Gasteiger partial charge in [0.25, 0.3) is 0 Å². The number of esters is 2. The van der Waals surface area contributed by atoms with Crippen molar-refractivity contribution in [1.29, 1.82) is 0 Å². The number of amides is 1. The van der Waals surface area contributed by atoms with Crippen LogP contribution in [0.15, 0.2) is 107 Å². The molecule has 0 saturated heterocycles. The highest BCUT2D eigenvalue weighted by Gasteiger charge is 2.38.